The van der Waals surface area contributed by atoms with Crippen LogP contribution in [0.1, 0.15) is 54.4 Å². The van der Waals surface area contributed by atoms with E-state index < -0.39 is 52.8 Å². The Balaban J connectivity index is 1.46. The first-order valence-electron chi connectivity index (χ1n) is 13.4. The van der Waals surface area contributed by atoms with Crippen LogP contribution in [0.2, 0.25) is 0 Å². The first-order chi connectivity index (χ1) is 19.3. The van der Waals surface area contributed by atoms with Gasteiger partial charge in [0.2, 0.25) is 11.8 Å². The van der Waals surface area contributed by atoms with Crippen LogP contribution in [0, 0.1) is 19.3 Å². The van der Waals surface area contributed by atoms with Crippen molar-refractivity contribution in [2.45, 2.75) is 65.8 Å². The third-order valence-corrected chi connectivity index (χ3v) is 8.26. The second-order valence-electron chi connectivity index (χ2n) is 11.5. The molecule has 218 valence electrons. The molecule has 5 N–H and O–H groups in total. The Morgan fingerprint density at radius 1 is 1.07 bits per heavy atom. The second-order valence-corrected chi connectivity index (χ2v) is 12.3. The monoisotopic (exact) mass is 580 g/mol. The molecule has 1 aliphatic rings. The van der Waals surface area contributed by atoms with Gasteiger partial charge in [0, 0.05) is 19.5 Å². The van der Waals surface area contributed by atoms with Crippen LogP contribution < -0.4 is 10.6 Å². The molecule has 3 atom stereocenters. The number of phenolic OH excluding ortho intramolecular Hbond substituents is 2. The Labute approximate surface area is 243 Å². The molecule has 1 fully saturated rings. The van der Waals surface area contributed by atoms with Gasteiger partial charge >= 0.3 is 0 Å². The van der Waals surface area contributed by atoms with E-state index >= 15 is 0 Å². The first kappa shape index (κ1) is 30.0. The van der Waals surface area contributed by atoms with Crippen LogP contribution in [0.25, 0.3) is 10.4 Å². The number of carbonyl (C=O) groups excluding carboxylic acids is 3. The lowest BCUT2D eigenvalue weighted by Gasteiger charge is -2.35. The van der Waals surface area contributed by atoms with Crippen molar-refractivity contribution in [1.29, 1.82) is 0 Å². The number of hydrogen-bond donors (Lipinski definition) is 5. The van der Waals surface area contributed by atoms with Gasteiger partial charge in [-0.1, -0.05) is 51.1 Å². The molecule has 1 aliphatic heterocycles. The van der Waals surface area contributed by atoms with Crippen LogP contribution in [-0.2, 0) is 16.1 Å². The summed E-state index contributed by atoms with van der Waals surface area (Å²) >= 11 is 1.56. The summed E-state index contributed by atoms with van der Waals surface area (Å²) in [7, 11) is 0. The van der Waals surface area contributed by atoms with E-state index in [1.165, 1.54) is 17.0 Å². The molecule has 0 unspecified atom stereocenters. The maximum absolute atomic E-state index is 13.8. The van der Waals surface area contributed by atoms with E-state index in [2.05, 4.69) is 15.6 Å². The lowest BCUT2D eigenvalue weighted by molar-refractivity contribution is -0.142. The number of aliphatic hydroxyl groups is 1. The maximum atomic E-state index is 13.8. The molecule has 1 saturated heterocycles. The number of hydrogen-bond acceptors (Lipinski definition) is 8. The molecule has 11 heteroatoms. The summed E-state index contributed by atoms with van der Waals surface area (Å²) in [4.78, 5) is 46.8. The van der Waals surface area contributed by atoms with E-state index in [0.29, 0.717) is 5.56 Å². The van der Waals surface area contributed by atoms with E-state index in [1.54, 1.807) is 44.5 Å². The van der Waals surface area contributed by atoms with Crippen LogP contribution in [0.5, 0.6) is 11.5 Å². The van der Waals surface area contributed by atoms with Gasteiger partial charge in [0.15, 0.2) is 11.5 Å². The van der Waals surface area contributed by atoms with Crippen molar-refractivity contribution < 1.29 is 29.7 Å². The number of thiazole rings is 1. The molecule has 2 heterocycles. The van der Waals surface area contributed by atoms with Crippen LogP contribution in [0.3, 0.4) is 0 Å². The summed E-state index contributed by atoms with van der Waals surface area (Å²) in [6.07, 6.45) is -0.829. The molecule has 0 spiro atoms. The molecule has 2 aromatic carbocycles. The highest BCUT2D eigenvalue weighted by molar-refractivity contribution is 7.13. The molecular formula is C30H36N4O6S. The third kappa shape index (κ3) is 6.52. The lowest BCUT2D eigenvalue weighted by atomic mass is 9.85. The zero-order chi connectivity index (χ0) is 30.1. The summed E-state index contributed by atoms with van der Waals surface area (Å²) in [6, 6.07) is 8.64. The average Bonchev–Trinajstić information content (AvgIpc) is 3.53. The predicted molar refractivity (Wildman–Crippen MR) is 155 cm³/mol. The molecule has 10 nitrogen and oxygen atoms in total. The summed E-state index contributed by atoms with van der Waals surface area (Å²) in [5, 5.41) is 36.3. The minimum atomic E-state index is -1.08. The molecule has 0 aliphatic carbocycles. The number of amides is 3. The number of benzene rings is 2. The molecule has 4 rings (SSSR count). The molecule has 0 bridgehead atoms. The van der Waals surface area contributed by atoms with Gasteiger partial charge in [-0.25, -0.2) is 4.98 Å². The molecule has 0 saturated carbocycles. The highest BCUT2D eigenvalue weighted by Crippen LogP contribution is 2.33. The summed E-state index contributed by atoms with van der Waals surface area (Å²) in [5.41, 5.74) is 4.12. The van der Waals surface area contributed by atoms with Crippen molar-refractivity contribution in [2.75, 3.05) is 6.54 Å². The summed E-state index contributed by atoms with van der Waals surface area (Å²) < 4.78 is 0. The Hall–Kier alpha value is -3.96. The fourth-order valence-electron chi connectivity index (χ4n) is 4.85. The minimum Gasteiger partial charge on any atom is -0.504 e. The number of aliphatic hydroxyl groups excluding tert-OH is 1. The highest BCUT2D eigenvalue weighted by Gasteiger charge is 2.44. The number of aryl methyl sites for hydroxylation is 2. The molecular weight excluding hydrogens is 544 g/mol. The van der Waals surface area contributed by atoms with Crippen LogP contribution >= 0.6 is 11.3 Å². The van der Waals surface area contributed by atoms with Gasteiger partial charge in [-0.2, -0.15) is 0 Å². The number of nitrogens with one attached hydrogen (secondary N) is 2. The smallest absolute Gasteiger partial charge is 0.255 e. The number of rotatable bonds is 7. The largest absolute Gasteiger partial charge is 0.504 e. The van der Waals surface area contributed by atoms with Crippen molar-refractivity contribution >= 4 is 29.1 Å². The van der Waals surface area contributed by atoms with Gasteiger partial charge in [0.05, 0.1) is 27.7 Å². The Bertz CT molecular complexity index is 1450. The summed E-state index contributed by atoms with van der Waals surface area (Å²) in [6.45, 7) is 9.02. The number of phenols is 2. The Morgan fingerprint density at radius 3 is 2.37 bits per heavy atom. The highest BCUT2D eigenvalue weighted by atomic mass is 32.1. The second kappa shape index (κ2) is 11.9. The number of aromatic hydroxyl groups is 2. The van der Waals surface area contributed by atoms with Crippen molar-refractivity contribution in [2.24, 2.45) is 5.41 Å². The van der Waals surface area contributed by atoms with Gasteiger partial charge in [0.25, 0.3) is 5.91 Å². The maximum Gasteiger partial charge on any atom is 0.255 e. The van der Waals surface area contributed by atoms with E-state index in [1.807, 2.05) is 31.2 Å². The van der Waals surface area contributed by atoms with E-state index in [9.17, 15) is 29.7 Å². The van der Waals surface area contributed by atoms with E-state index in [-0.39, 0.29) is 25.1 Å². The van der Waals surface area contributed by atoms with E-state index in [4.69, 9.17) is 0 Å². The molecule has 41 heavy (non-hydrogen) atoms. The van der Waals surface area contributed by atoms with Gasteiger partial charge in [0.1, 0.15) is 12.1 Å². The van der Waals surface area contributed by atoms with Gasteiger partial charge in [-0.05, 0) is 42.0 Å². The standard InChI is InChI=1S/C30H36N4O6S/c1-16-6-11-21(24(37)23(16)36)27(38)33-26(30(3,4)5)29(40)34-14-20(35)12-22(34)28(39)31-13-18-7-9-19(10-8-18)25-17(2)32-15-41-25/h6-11,15,20,22,26,35-37H,12-14H2,1-5H3,(H,31,39)(H,33,38)/t20-,22+,26-/m1/s1. The number of nitrogens with zero attached hydrogens (tertiary/aromatic N) is 2. The molecule has 3 amide bonds. The van der Waals surface area contributed by atoms with Crippen LogP contribution in [-0.4, -0.2) is 67.7 Å². The van der Waals surface area contributed by atoms with Crippen molar-refractivity contribution in [3.05, 3.63) is 64.3 Å². The topological polar surface area (TPSA) is 152 Å². The fraction of sp³-hybridized carbons (Fsp3) is 0.400. The van der Waals surface area contributed by atoms with Gasteiger partial charge in [-0.3, -0.25) is 14.4 Å². The van der Waals surface area contributed by atoms with Crippen LogP contribution in [0.4, 0.5) is 0 Å². The zero-order valence-electron chi connectivity index (χ0n) is 23.8. The van der Waals surface area contributed by atoms with Gasteiger partial charge < -0.3 is 30.9 Å². The van der Waals surface area contributed by atoms with Crippen molar-refractivity contribution in [3.63, 3.8) is 0 Å². The Morgan fingerprint density at radius 2 is 1.76 bits per heavy atom. The van der Waals surface area contributed by atoms with Crippen LogP contribution in [0.15, 0.2) is 41.9 Å². The molecule has 1 aromatic heterocycles. The number of likely N-dealkylation sites (tertiary alicyclic amines) is 1. The average molecular weight is 581 g/mol. The number of carbonyl (C=O) groups is 3. The zero-order valence-corrected chi connectivity index (χ0v) is 24.6. The Kier molecular flexibility index (Phi) is 8.69. The SMILES string of the molecule is Cc1ccc(C(=O)N[C@H](C(=O)N2C[C@H](O)C[C@H]2C(=O)NCc2ccc(-c3scnc3C)cc2)C(C)(C)C)c(O)c1O. The fourth-order valence-corrected chi connectivity index (χ4v) is 5.66. The predicted octanol–water partition coefficient (Wildman–Crippen LogP) is 3.26. The third-order valence-electron chi connectivity index (χ3n) is 7.28. The van der Waals surface area contributed by atoms with Crippen molar-refractivity contribution in [3.8, 4) is 21.9 Å². The lowest BCUT2D eigenvalue weighted by Crippen LogP contribution is -2.57. The minimum absolute atomic E-state index is 0.0567. The number of β-amino-alcohol motifs (C(OH)–C–C–N with tert-alkyl or cyclic N) is 1. The number of aromatic nitrogens is 1. The molecule has 3 aromatic rings. The van der Waals surface area contributed by atoms with Crippen molar-refractivity contribution in [1.82, 2.24) is 20.5 Å². The first-order valence-corrected chi connectivity index (χ1v) is 14.2. The summed E-state index contributed by atoms with van der Waals surface area (Å²) in [5.74, 6) is -2.67. The molecule has 0 radical (unpaired) electrons. The normalized spacial score (nSPS) is 17.8. The van der Waals surface area contributed by atoms with Gasteiger partial charge in [-0.15, -0.1) is 11.3 Å². The van der Waals surface area contributed by atoms with E-state index in [0.717, 1.165) is 21.7 Å². The quantitative estimate of drug-likeness (QED) is 0.269.